The maximum absolute atomic E-state index is 4.93. The van der Waals surface area contributed by atoms with Crippen LogP contribution in [0.3, 0.4) is 0 Å². The molecule has 1 aliphatic rings. The fourth-order valence-corrected chi connectivity index (χ4v) is 6.18. The van der Waals surface area contributed by atoms with Gasteiger partial charge in [0.15, 0.2) is 0 Å². The lowest BCUT2D eigenvalue weighted by Gasteiger charge is -2.36. The number of aromatic nitrogens is 5. The smallest absolute Gasteiger partial charge is 0.121 e. The van der Waals surface area contributed by atoms with E-state index in [9.17, 15) is 0 Å². The number of benzene rings is 3. The molecule has 7 rings (SSSR count). The van der Waals surface area contributed by atoms with Crippen LogP contribution in [0.4, 0.5) is 0 Å². The number of likely N-dealkylation sites (N-methyl/N-ethyl adjacent to an activating group) is 1. The molecule has 0 bridgehead atoms. The van der Waals surface area contributed by atoms with Gasteiger partial charge in [-0.25, -0.2) is 9.97 Å². The normalized spacial score (nSPS) is 16.2. The summed E-state index contributed by atoms with van der Waals surface area (Å²) in [5, 5.41) is 1.36. The summed E-state index contributed by atoms with van der Waals surface area (Å²) in [6, 6.07) is 20.0. The topological polar surface area (TPSA) is 79.6 Å². The maximum atomic E-state index is 4.93. The molecule has 7 nitrogen and oxygen atoms in total. The Morgan fingerprint density at radius 1 is 0.769 bits per heavy atom. The molecule has 198 valence electrons. The first kappa shape index (κ1) is 24.1. The maximum Gasteiger partial charge on any atom is 0.121 e. The fraction of sp³-hybridized carbons (Fsp3) is 0.312. The van der Waals surface area contributed by atoms with Gasteiger partial charge in [0.05, 0.1) is 35.2 Å². The highest BCUT2D eigenvalue weighted by molar-refractivity contribution is 5.85. The number of imidazole rings is 2. The molecular weight excluding hydrogens is 482 g/mol. The second kappa shape index (κ2) is 9.36. The van der Waals surface area contributed by atoms with E-state index in [4.69, 9.17) is 9.97 Å². The second-order valence-corrected chi connectivity index (χ2v) is 11.5. The van der Waals surface area contributed by atoms with Crippen LogP contribution in [0.2, 0.25) is 0 Å². The average Bonchev–Trinajstić information content (AvgIpc) is 3.57. The van der Waals surface area contributed by atoms with E-state index in [1.165, 1.54) is 38.9 Å². The molecule has 0 spiro atoms. The van der Waals surface area contributed by atoms with E-state index in [0.29, 0.717) is 6.04 Å². The third-order valence-corrected chi connectivity index (χ3v) is 8.21. The number of nitrogens with zero attached hydrogens (tertiary/aromatic N) is 4. The number of rotatable bonds is 6. The van der Waals surface area contributed by atoms with E-state index in [0.717, 1.165) is 66.3 Å². The number of aryl methyl sites for hydroxylation is 3. The van der Waals surface area contributed by atoms with Crippen molar-refractivity contribution in [2.75, 3.05) is 13.6 Å². The SMILES string of the molecule is Cc1ccc2nc(CN(Cc3nc4ccc(C)cc4[nH]3)C[C@H]3Cc4c([nH]c5cc(C)ccc45)CN3C)[nH]c2c1. The van der Waals surface area contributed by atoms with Crippen molar-refractivity contribution in [2.24, 2.45) is 0 Å². The van der Waals surface area contributed by atoms with Crippen molar-refractivity contribution in [3.63, 3.8) is 0 Å². The van der Waals surface area contributed by atoms with Gasteiger partial charge in [-0.1, -0.05) is 24.3 Å². The van der Waals surface area contributed by atoms with Gasteiger partial charge in [-0.2, -0.15) is 0 Å². The van der Waals surface area contributed by atoms with Gasteiger partial charge >= 0.3 is 0 Å². The Hall–Kier alpha value is -3.94. The zero-order valence-electron chi connectivity index (χ0n) is 23.1. The van der Waals surface area contributed by atoms with Gasteiger partial charge in [-0.05, 0) is 86.8 Å². The number of hydrogen-bond acceptors (Lipinski definition) is 4. The standard InChI is InChI=1S/C32H35N7/c1-19-5-8-23-24-14-22(38(4)16-30(24)33-27(23)11-19)15-39(17-31-34-25-9-6-20(2)12-28(25)36-31)18-32-35-26-10-7-21(3)13-29(26)37-32/h5-13,22,33H,14-18H2,1-4H3,(H,34,36)(H,35,37)/t22-/m1/s1. The van der Waals surface area contributed by atoms with E-state index >= 15 is 0 Å². The van der Waals surface area contributed by atoms with Gasteiger partial charge in [0.25, 0.3) is 0 Å². The largest absolute Gasteiger partial charge is 0.357 e. The average molecular weight is 518 g/mol. The lowest BCUT2D eigenvalue weighted by molar-refractivity contribution is 0.133. The Labute approximate surface area is 228 Å². The van der Waals surface area contributed by atoms with E-state index in [-0.39, 0.29) is 0 Å². The summed E-state index contributed by atoms with van der Waals surface area (Å²) >= 11 is 0. The molecule has 6 aromatic rings. The van der Waals surface area contributed by atoms with Crippen LogP contribution in [0, 0.1) is 20.8 Å². The Morgan fingerprint density at radius 3 is 1.95 bits per heavy atom. The van der Waals surface area contributed by atoms with Crippen molar-refractivity contribution in [1.29, 1.82) is 0 Å². The second-order valence-electron chi connectivity index (χ2n) is 11.5. The van der Waals surface area contributed by atoms with Crippen LogP contribution in [-0.4, -0.2) is 54.4 Å². The van der Waals surface area contributed by atoms with Crippen molar-refractivity contribution < 1.29 is 0 Å². The lowest BCUT2D eigenvalue weighted by atomic mass is 9.96. The molecule has 0 saturated heterocycles. The molecule has 1 atom stereocenters. The number of nitrogens with one attached hydrogen (secondary N) is 3. The lowest BCUT2D eigenvalue weighted by Crippen LogP contribution is -2.45. The van der Waals surface area contributed by atoms with E-state index in [2.05, 4.69) is 107 Å². The molecular formula is C32H35N7. The number of aromatic amines is 3. The summed E-state index contributed by atoms with van der Waals surface area (Å²) in [5.74, 6) is 1.98. The predicted octanol–water partition coefficient (Wildman–Crippen LogP) is 5.90. The van der Waals surface area contributed by atoms with Crippen molar-refractivity contribution in [2.45, 2.75) is 52.9 Å². The zero-order valence-corrected chi connectivity index (χ0v) is 23.1. The molecule has 0 unspecified atom stereocenters. The van der Waals surface area contributed by atoms with Crippen LogP contribution in [-0.2, 0) is 26.1 Å². The van der Waals surface area contributed by atoms with Gasteiger partial charge in [-0.15, -0.1) is 0 Å². The minimum atomic E-state index is 0.385. The molecule has 39 heavy (non-hydrogen) atoms. The summed E-state index contributed by atoms with van der Waals surface area (Å²) < 4.78 is 0. The third-order valence-electron chi connectivity index (χ3n) is 8.21. The van der Waals surface area contributed by atoms with Crippen LogP contribution in [0.25, 0.3) is 33.0 Å². The Kier molecular flexibility index (Phi) is 5.79. The minimum absolute atomic E-state index is 0.385. The van der Waals surface area contributed by atoms with Gasteiger partial charge < -0.3 is 15.0 Å². The highest BCUT2D eigenvalue weighted by Crippen LogP contribution is 2.31. The molecule has 0 fully saturated rings. The molecule has 0 radical (unpaired) electrons. The van der Waals surface area contributed by atoms with Gasteiger partial charge in [0.2, 0.25) is 0 Å². The van der Waals surface area contributed by atoms with Crippen LogP contribution >= 0.6 is 0 Å². The fourth-order valence-electron chi connectivity index (χ4n) is 6.18. The minimum Gasteiger partial charge on any atom is -0.357 e. The molecule has 0 saturated carbocycles. The van der Waals surface area contributed by atoms with Crippen LogP contribution in [0.1, 0.15) is 39.6 Å². The Bertz CT molecular complexity index is 1740. The number of hydrogen-bond donors (Lipinski definition) is 3. The zero-order chi connectivity index (χ0) is 26.7. The van der Waals surface area contributed by atoms with Gasteiger partial charge in [0.1, 0.15) is 11.6 Å². The Morgan fingerprint density at radius 2 is 1.33 bits per heavy atom. The summed E-state index contributed by atoms with van der Waals surface area (Å²) in [6.45, 7) is 9.70. The van der Waals surface area contributed by atoms with Crippen molar-refractivity contribution in [1.82, 2.24) is 34.7 Å². The molecule has 3 N–H and O–H groups in total. The first-order chi connectivity index (χ1) is 18.9. The Balaban J connectivity index is 1.20. The van der Waals surface area contributed by atoms with Crippen molar-refractivity contribution in [3.05, 3.63) is 94.2 Å². The van der Waals surface area contributed by atoms with E-state index in [1.807, 2.05) is 0 Å². The summed E-state index contributed by atoms with van der Waals surface area (Å²) in [6.07, 6.45) is 1.02. The molecule has 3 aromatic heterocycles. The molecule has 4 heterocycles. The van der Waals surface area contributed by atoms with Gasteiger partial charge in [-0.3, -0.25) is 9.80 Å². The van der Waals surface area contributed by atoms with E-state index < -0.39 is 0 Å². The van der Waals surface area contributed by atoms with Crippen molar-refractivity contribution in [3.8, 4) is 0 Å². The monoisotopic (exact) mass is 517 g/mol. The highest BCUT2D eigenvalue weighted by Gasteiger charge is 2.29. The molecule has 7 heteroatoms. The first-order valence-electron chi connectivity index (χ1n) is 13.8. The first-order valence-corrected chi connectivity index (χ1v) is 13.8. The number of fused-ring (bicyclic) bond motifs is 5. The van der Waals surface area contributed by atoms with Crippen LogP contribution in [0.15, 0.2) is 54.6 Å². The predicted molar refractivity (Wildman–Crippen MR) is 158 cm³/mol. The molecule has 3 aromatic carbocycles. The molecule has 1 aliphatic heterocycles. The van der Waals surface area contributed by atoms with Crippen molar-refractivity contribution >= 4 is 33.0 Å². The van der Waals surface area contributed by atoms with Gasteiger partial charge in [0, 0.05) is 35.7 Å². The summed E-state index contributed by atoms with van der Waals surface area (Å²) in [4.78, 5) is 25.7. The quantitative estimate of drug-likeness (QED) is 0.257. The van der Waals surface area contributed by atoms with E-state index in [1.54, 1.807) is 0 Å². The highest BCUT2D eigenvalue weighted by atomic mass is 15.2. The van der Waals surface area contributed by atoms with Crippen LogP contribution < -0.4 is 0 Å². The third kappa shape index (κ3) is 4.62. The molecule has 0 amide bonds. The summed E-state index contributed by atoms with van der Waals surface area (Å²) in [5.41, 5.74) is 12.1. The molecule has 0 aliphatic carbocycles. The number of H-pyrrole nitrogens is 3. The van der Waals surface area contributed by atoms with Crippen LogP contribution in [0.5, 0.6) is 0 Å². The summed E-state index contributed by atoms with van der Waals surface area (Å²) in [7, 11) is 2.25.